The first kappa shape index (κ1) is 9.48. The number of halogens is 2. The molecule has 0 aromatic carbocycles. The lowest BCUT2D eigenvalue weighted by molar-refractivity contribution is 1.36. The summed E-state index contributed by atoms with van der Waals surface area (Å²) in [5, 5.41) is 1.03. The monoisotopic (exact) mass is 299 g/mol. The first-order valence-electron chi connectivity index (χ1n) is 3.07. The Hall–Kier alpha value is 0.390. The molecule has 0 bridgehead atoms. The van der Waals surface area contributed by atoms with Crippen LogP contribution in [0.4, 0.5) is 0 Å². The van der Waals surface area contributed by atoms with Gasteiger partial charge in [-0.05, 0) is 35.6 Å². The van der Waals surface area contributed by atoms with Gasteiger partial charge in [-0.2, -0.15) is 0 Å². The SMILES string of the molecule is C/C(=C/c1ncc(I)s1)CCl. The van der Waals surface area contributed by atoms with E-state index in [2.05, 4.69) is 27.6 Å². The zero-order valence-corrected chi connectivity index (χ0v) is 9.70. The van der Waals surface area contributed by atoms with Crippen molar-refractivity contribution < 1.29 is 0 Å². The Morgan fingerprint density at radius 1 is 1.91 bits per heavy atom. The molecule has 0 aliphatic heterocycles. The number of thiazole rings is 1. The Labute approximate surface area is 88.6 Å². The average molecular weight is 300 g/mol. The van der Waals surface area contributed by atoms with Gasteiger partial charge in [0.1, 0.15) is 5.01 Å². The van der Waals surface area contributed by atoms with Crippen LogP contribution in [0, 0.1) is 2.88 Å². The second kappa shape index (κ2) is 4.42. The van der Waals surface area contributed by atoms with E-state index in [0.717, 1.165) is 10.6 Å². The Balaban J connectivity index is 2.78. The van der Waals surface area contributed by atoms with Gasteiger partial charge in [-0.15, -0.1) is 22.9 Å². The summed E-state index contributed by atoms with van der Waals surface area (Å²) in [5.74, 6) is 0.580. The fourth-order valence-electron chi connectivity index (χ4n) is 0.583. The summed E-state index contributed by atoms with van der Waals surface area (Å²) in [6.07, 6.45) is 3.87. The Bertz CT molecular complexity index is 269. The second-order valence-electron chi connectivity index (χ2n) is 2.13. The summed E-state index contributed by atoms with van der Waals surface area (Å²) in [5.41, 5.74) is 1.15. The van der Waals surface area contributed by atoms with Crippen molar-refractivity contribution in [3.05, 3.63) is 19.7 Å². The summed E-state index contributed by atoms with van der Waals surface area (Å²) in [6.45, 7) is 2.00. The third kappa shape index (κ3) is 3.09. The van der Waals surface area contributed by atoms with E-state index < -0.39 is 0 Å². The fourth-order valence-corrected chi connectivity index (χ4v) is 2.15. The van der Waals surface area contributed by atoms with Crippen molar-refractivity contribution >= 4 is 51.6 Å². The molecule has 0 spiro atoms. The van der Waals surface area contributed by atoms with E-state index >= 15 is 0 Å². The van der Waals surface area contributed by atoms with Crippen LogP contribution in [-0.4, -0.2) is 10.9 Å². The highest BCUT2D eigenvalue weighted by Crippen LogP contribution is 2.17. The van der Waals surface area contributed by atoms with E-state index in [4.69, 9.17) is 11.6 Å². The molecule has 0 atom stereocenters. The van der Waals surface area contributed by atoms with Crippen molar-refractivity contribution in [1.82, 2.24) is 4.98 Å². The number of rotatable bonds is 2. The van der Waals surface area contributed by atoms with Crippen molar-refractivity contribution in [2.75, 3.05) is 5.88 Å². The average Bonchev–Trinajstić information content (AvgIpc) is 2.35. The van der Waals surface area contributed by atoms with E-state index in [-0.39, 0.29) is 0 Å². The molecule has 0 aliphatic carbocycles. The molecule has 0 saturated heterocycles. The van der Waals surface area contributed by atoms with Gasteiger partial charge in [-0.1, -0.05) is 5.57 Å². The molecule has 0 radical (unpaired) electrons. The standard InChI is InChI=1S/C7H7ClINS/c1-5(3-8)2-7-10-4-6(9)11-7/h2,4H,3H2,1H3/b5-2-. The third-order valence-corrected chi connectivity index (χ3v) is 3.17. The van der Waals surface area contributed by atoms with Crippen molar-refractivity contribution in [3.63, 3.8) is 0 Å². The van der Waals surface area contributed by atoms with Crippen LogP contribution in [0.1, 0.15) is 11.9 Å². The summed E-state index contributed by atoms with van der Waals surface area (Å²) in [7, 11) is 0. The molecule has 0 unspecified atom stereocenters. The van der Waals surface area contributed by atoms with Crippen LogP contribution in [0.3, 0.4) is 0 Å². The number of alkyl halides is 1. The van der Waals surface area contributed by atoms with Gasteiger partial charge in [-0.3, -0.25) is 0 Å². The topological polar surface area (TPSA) is 12.9 Å². The predicted molar refractivity (Wildman–Crippen MR) is 59.2 cm³/mol. The molecule has 60 valence electrons. The lowest BCUT2D eigenvalue weighted by Crippen LogP contribution is -1.75. The van der Waals surface area contributed by atoms with E-state index in [9.17, 15) is 0 Å². The van der Waals surface area contributed by atoms with Gasteiger partial charge in [0.15, 0.2) is 0 Å². The normalized spacial score (nSPS) is 12.1. The molecule has 0 fully saturated rings. The van der Waals surface area contributed by atoms with E-state index in [0.29, 0.717) is 5.88 Å². The highest BCUT2D eigenvalue weighted by atomic mass is 127. The van der Waals surface area contributed by atoms with Crippen LogP contribution in [0.5, 0.6) is 0 Å². The number of aromatic nitrogens is 1. The molecular weight excluding hydrogens is 293 g/mol. The minimum absolute atomic E-state index is 0.580. The second-order valence-corrected chi connectivity index (χ2v) is 5.35. The molecule has 1 nitrogen and oxygen atoms in total. The Morgan fingerprint density at radius 2 is 2.64 bits per heavy atom. The largest absolute Gasteiger partial charge is 0.244 e. The summed E-state index contributed by atoms with van der Waals surface area (Å²) < 4.78 is 1.20. The van der Waals surface area contributed by atoms with Gasteiger partial charge in [0.25, 0.3) is 0 Å². The minimum atomic E-state index is 0.580. The highest BCUT2D eigenvalue weighted by molar-refractivity contribution is 14.1. The number of allylic oxidation sites excluding steroid dienone is 1. The van der Waals surface area contributed by atoms with E-state index in [1.807, 2.05) is 19.2 Å². The fraction of sp³-hybridized carbons (Fsp3) is 0.286. The zero-order valence-electron chi connectivity index (χ0n) is 5.97. The molecule has 0 aliphatic rings. The molecular formula is C7H7ClINS. The predicted octanol–water partition coefficient (Wildman–Crippen LogP) is 3.39. The van der Waals surface area contributed by atoms with Crippen molar-refractivity contribution in [2.45, 2.75) is 6.92 Å². The molecule has 11 heavy (non-hydrogen) atoms. The lowest BCUT2D eigenvalue weighted by Gasteiger charge is -1.88. The molecule has 1 aromatic heterocycles. The molecule has 0 N–H and O–H groups in total. The molecule has 4 heteroatoms. The van der Waals surface area contributed by atoms with Crippen LogP contribution in [-0.2, 0) is 0 Å². The quantitative estimate of drug-likeness (QED) is 0.602. The zero-order chi connectivity index (χ0) is 8.27. The van der Waals surface area contributed by atoms with Gasteiger partial charge in [0.2, 0.25) is 0 Å². The summed E-state index contributed by atoms with van der Waals surface area (Å²) in [4.78, 5) is 4.18. The van der Waals surface area contributed by atoms with Gasteiger partial charge in [0.05, 0.1) is 9.08 Å². The molecule has 1 rings (SSSR count). The Kier molecular flexibility index (Phi) is 3.81. The van der Waals surface area contributed by atoms with E-state index in [1.54, 1.807) is 11.3 Å². The van der Waals surface area contributed by atoms with Gasteiger partial charge >= 0.3 is 0 Å². The van der Waals surface area contributed by atoms with Crippen LogP contribution < -0.4 is 0 Å². The maximum atomic E-state index is 5.62. The van der Waals surface area contributed by atoms with Crippen molar-refractivity contribution in [1.29, 1.82) is 0 Å². The first-order valence-corrected chi connectivity index (χ1v) is 5.50. The van der Waals surface area contributed by atoms with Crippen LogP contribution in [0.2, 0.25) is 0 Å². The summed E-state index contributed by atoms with van der Waals surface area (Å²) in [6, 6.07) is 0. The molecule has 1 heterocycles. The van der Waals surface area contributed by atoms with Crippen molar-refractivity contribution in [2.24, 2.45) is 0 Å². The van der Waals surface area contributed by atoms with Gasteiger partial charge in [-0.25, -0.2) is 4.98 Å². The lowest BCUT2D eigenvalue weighted by atomic mass is 10.3. The first-order chi connectivity index (χ1) is 5.22. The third-order valence-electron chi connectivity index (χ3n) is 1.08. The number of hydrogen-bond donors (Lipinski definition) is 0. The van der Waals surface area contributed by atoms with Crippen molar-refractivity contribution in [3.8, 4) is 0 Å². The van der Waals surface area contributed by atoms with Crippen LogP contribution in [0.15, 0.2) is 11.8 Å². The smallest absolute Gasteiger partial charge is 0.117 e. The summed E-state index contributed by atoms with van der Waals surface area (Å²) >= 11 is 9.54. The minimum Gasteiger partial charge on any atom is -0.244 e. The molecule has 0 saturated carbocycles. The van der Waals surface area contributed by atoms with Crippen LogP contribution >= 0.6 is 45.5 Å². The number of hydrogen-bond acceptors (Lipinski definition) is 2. The Morgan fingerprint density at radius 3 is 3.09 bits per heavy atom. The molecule has 0 amide bonds. The van der Waals surface area contributed by atoms with Gasteiger partial charge < -0.3 is 0 Å². The maximum absolute atomic E-state index is 5.62. The van der Waals surface area contributed by atoms with Gasteiger partial charge in [0, 0.05) is 5.88 Å². The number of nitrogens with zero attached hydrogens (tertiary/aromatic N) is 1. The highest BCUT2D eigenvalue weighted by Gasteiger charge is 1.95. The van der Waals surface area contributed by atoms with Crippen LogP contribution in [0.25, 0.3) is 6.08 Å². The molecule has 1 aromatic rings. The van der Waals surface area contributed by atoms with E-state index in [1.165, 1.54) is 2.88 Å². The maximum Gasteiger partial charge on any atom is 0.117 e.